The fraction of sp³-hybridized carbons (Fsp3) is 0.381. The van der Waals surface area contributed by atoms with E-state index in [-0.39, 0.29) is 5.91 Å². The number of carbonyl (C=O) groups excluding carboxylic acids is 1. The third-order valence-electron chi connectivity index (χ3n) is 5.37. The van der Waals surface area contributed by atoms with Gasteiger partial charge in [-0.15, -0.1) is 0 Å². The van der Waals surface area contributed by atoms with E-state index in [0.29, 0.717) is 23.0 Å². The van der Waals surface area contributed by atoms with Crippen molar-refractivity contribution in [3.05, 3.63) is 54.4 Å². The van der Waals surface area contributed by atoms with Crippen LogP contribution in [0.2, 0.25) is 0 Å². The molecule has 1 amide bonds. The van der Waals surface area contributed by atoms with Gasteiger partial charge >= 0.3 is 0 Å². The van der Waals surface area contributed by atoms with E-state index in [2.05, 4.69) is 35.1 Å². The Morgan fingerprint density at radius 1 is 1.21 bits per heavy atom. The van der Waals surface area contributed by atoms with Crippen LogP contribution < -0.4 is 16.2 Å². The van der Waals surface area contributed by atoms with Gasteiger partial charge in [-0.25, -0.2) is 4.68 Å². The molecule has 0 aliphatic heterocycles. The van der Waals surface area contributed by atoms with Gasteiger partial charge in [0.2, 0.25) is 0 Å². The summed E-state index contributed by atoms with van der Waals surface area (Å²) in [7, 11) is 0. The molecule has 0 bridgehead atoms. The predicted molar refractivity (Wildman–Crippen MR) is 116 cm³/mol. The Morgan fingerprint density at radius 2 is 2.00 bits per heavy atom. The lowest BCUT2D eigenvalue weighted by Gasteiger charge is -2.35. The van der Waals surface area contributed by atoms with Crippen LogP contribution in [0.5, 0.6) is 0 Å². The SMILES string of the molecule is C[C@@H]1[C@H](C)CCC[C@H]1NC(=S)NNC(=O)/C=C/c1cnn(-c2ccccc2)c1. The molecule has 0 unspecified atom stereocenters. The molecule has 1 heterocycles. The van der Waals surface area contributed by atoms with Gasteiger partial charge < -0.3 is 5.32 Å². The summed E-state index contributed by atoms with van der Waals surface area (Å²) in [6.45, 7) is 4.53. The van der Waals surface area contributed by atoms with Crippen molar-refractivity contribution in [2.75, 3.05) is 0 Å². The van der Waals surface area contributed by atoms with Gasteiger partial charge in [-0.3, -0.25) is 15.6 Å². The summed E-state index contributed by atoms with van der Waals surface area (Å²) in [5.41, 5.74) is 7.19. The molecule has 2 aromatic rings. The molecule has 7 heteroatoms. The van der Waals surface area contributed by atoms with Crippen LogP contribution in [-0.2, 0) is 4.79 Å². The van der Waals surface area contributed by atoms with E-state index in [1.165, 1.54) is 18.9 Å². The van der Waals surface area contributed by atoms with E-state index in [1.807, 2.05) is 36.5 Å². The van der Waals surface area contributed by atoms with E-state index >= 15 is 0 Å². The van der Waals surface area contributed by atoms with Crippen LogP contribution in [-0.4, -0.2) is 26.8 Å². The Balaban J connectivity index is 1.45. The molecule has 0 saturated heterocycles. The first-order chi connectivity index (χ1) is 13.5. The number of aromatic nitrogens is 2. The molecule has 0 spiro atoms. The van der Waals surface area contributed by atoms with Gasteiger partial charge in [-0.2, -0.15) is 5.10 Å². The highest BCUT2D eigenvalue weighted by Gasteiger charge is 2.27. The molecular formula is C21H27N5OS. The quantitative estimate of drug-likeness (QED) is 0.420. The highest BCUT2D eigenvalue weighted by molar-refractivity contribution is 7.80. The molecule has 1 aliphatic rings. The Labute approximate surface area is 171 Å². The zero-order valence-electron chi connectivity index (χ0n) is 16.3. The summed E-state index contributed by atoms with van der Waals surface area (Å²) in [6, 6.07) is 10.2. The number of rotatable bonds is 4. The number of hydrogen-bond donors (Lipinski definition) is 3. The van der Waals surface area contributed by atoms with Gasteiger partial charge in [0.1, 0.15) is 0 Å². The summed E-state index contributed by atoms with van der Waals surface area (Å²) in [4.78, 5) is 12.0. The number of amides is 1. The average Bonchev–Trinajstić information content (AvgIpc) is 3.18. The van der Waals surface area contributed by atoms with Crippen molar-refractivity contribution in [2.24, 2.45) is 11.8 Å². The predicted octanol–water partition coefficient (Wildman–Crippen LogP) is 3.21. The second-order valence-electron chi connectivity index (χ2n) is 7.35. The molecule has 28 heavy (non-hydrogen) atoms. The van der Waals surface area contributed by atoms with Crippen molar-refractivity contribution in [3.63, 3.8) is 0 Å². The third-order valence-corrected chi connectivity index (χ3v) is 5.59. The summed E-state index contributed by atoms with van der Waals surface area (Å²) in [6.07, 6.45) is 10.3. The van der Waals surface area contributed by atoms with Crippen molar-refractivity contribution in [1.29, 1.82) is 0 Å². The fourth-order valence-electron chi connectivity index (χ4n) is 3.47. The van der Waals surface area contributed by atoms with Gasteiger partial charge in [0.05, 0.1) is 11.9 Å². The van der Waals surface area contributed by atoms with Gasteiger partial charge in [-0.05, 0) is 48.7 Å². The largest absolute Gasteiger partial charge is 0.358 e. The molecule has 3 N–H and O–H groups in total. The lowest BCUT2D eigenvalue weighted by atomic mass is 9.78. The first kappa shape index (κ1) is 20.1. The van der Waals surface area contributed by atoms with E-state index in [0.717, 1.165) is 17.7 Å². The molecule has 6 nitrogen and oxygen atoms in total. The van der Waals surface area contributed by atoms with Crippen LogP contribution >= 0.6 is 12.2 Å². The van der Waals surface area contributed by atoms with E-state index < -0.39 is 0 Å². The number of para-hydroxylation sites is 1. The van der Waals surface area contributed by atoms with Crippen molar-refractivity contribution in [3.8, 4) is 5.69 Å². The highest BCUT2D eigenvalue weighted by atomic mass is 32.1. The third kappa shape index (κ3) is 5.42. The Morgan fingerprint density at radius 3 is 2.79 bits per heavy atom. The first-order valence-electron chi connectivity index (χ1n) is 9.67. The molecule has 148 valence electrons. The maximum absolute atomic E-state index is 12.0. The average molecular weight is 398 g/mol. The number of hydrazine groups is 1. The van der Waals surface area contributed by atoms with Gasteiger partial charge in [0.25, 0.3) is 5.91 Å². The number of nitrogens with one attached hydrogen (secondary N) is 3. The van der Waals surface area contributed by atoms with E-state index in [1.54, 1.807) is 17.0 Å². The molecule has 1 fully saturated rings. The van der Waals surface area contributed by atoms with Gasteiger partial charge in [0.15, 0.2) is 5.11 Å². The Hall–Kier alpha value is -2.67. The van der Waals surface area contributed by atoms with E-state index in [4.69, 9.17) is 12.2 Å². The monoisotopic (exact) mass is 397 g/mol. The van der Waals surface area contributed by atoms with Crippen LogP contribution in [0, 0.1) is 11.8 Å². The molecule has 1 aromatic carbocycles. The second-order valence-corrected chi connectivity index (χ2v) is 7.76. The maximum Gasteiger partial charge on any atom is 0.262 e. The van der Waals surface area contributed by atoms with Crippen LogP contribution in [0.15, 0.2) is 48.8 Å². The number of carbonyl (C=O) groups is 1. The van der Waals surface area contributed by atoms with Gasteiger partial charge in [0, 0.05) is 23.9 Å². The minimum atomic E-state index is -0.276. The van der Waals surface area contributed by atoms with Crippen LogP contribution in [0.1, 0.15) is 38.7 Å². The van der Waals surface area contributed by atoms with Crippen molar-refractivity contribution in [1.82, 2.24) is 25.9 Å². The number of benzene rings is 1. The summed E-state index contributed by atoms with van der Waals surface area (Å²) in [5, 5.41) is 8.07. The van der Waals surface area contributed by atoms with Crippen molar-refractivity contribution >= 4 is 29.3 Å². The van der Waals surface area contributed by atoms with Crippen molar-refractivity contribution < 1.29 is 4.79 Å². The minimum absolute atomic E-state index is 0.276. The minimum Gasteiger partial charge on any atom is -0.358 e. The standard InChI is InChI=1S/C21H27N5OS/c1-15-7-6-10-19(16(15)2)23-21(28)25-24-20(27)12-11-17-13-22-26(14-17)18-8-4-3-5-9-18/h3-5,8-9,11-16,19H,6-7,10H2,1-2H3,(H,24,27)(H2,23,25,28)/b12-11+/t15-,16-,19-/m1/s1. The fourth-order valence-corrected chi connectivity index (χ4v) is 3.67. The zero-order valence-corrected chi connectivity index (χ0v) is 17.1. The molecule has 1 aromatic heterocycles. The van der Waals surface area contributed by atoms with Gasteiger partial charge in [-0.1, -0.05) is 44.9 Å². The lowest BCUT2D eigenvalue weighted by Crippen LogP contribution is -2.52. The zero-order chi connectivity index (χ0) is 19.9. The lowest BCUT2D eigenvalue weighted by molar-refractivity contribution is -0.116. The number of hydrogen-bond acceptors (Lipinski definition) is 3. The summed E-state index contributed by atoms with van der Waals surface area (Å²) in [5.74, 6) is 0.968. The molecule has 1 saturated carbocycles. The highest BCUT2D eigenvalue weighted by Crippen LogP contribution is 2.29. The van der Waals surface area contributed by atoms with Crippen LogP contribution in [0.3, 0.4) is 0 Å². The molecule has 3 atom stereocenters. The first-order valence-corrected chi connectivity index (χ1v) is 10.1. The van der Waals surface area contributed by atoms with E-state index in [9.17, 15) is 4.79 Å². The summed E-state index contributed by atoms with van der Waals surface area (Å²) < 4.78 is 1.77. The summed E-state index contributed by atoms with van der Waals surface area (Å²) >= 11 is 5.31. The Bertz CT molecular complexity index is 832. The van der Waals surface area contributed by atoms with Crippen molar-refractivity contribution in [2.45, 2.75) is 39.2 Å². The number of thiocarbonyl (C=S) groups is 1. The molecule has 3 rings (SSSR count). The number of nitrogens with zero attached hydrogens (tertiary/aromatic N) is 2. The molecular weight excluding hydrogens is 370 g/mol. The molecule has 0 radical (unpaired) electrons. The topological polar surface area (TPSA) is 71.0 Å². The smallest absolute Gasteiger partial charge is 0.262 e. The van der Waals surface area contributed by atoms with Crippen LogP contribution in [0.25, 0.3) is 11.8 Å². The second kappa shape index (κ2) is 9.50. The molecule has 1 aliphatic carbocycles. The maximum atomic E-state index is 12.0. The van der Waals surface area contributed by atoms with Crippen LogP contribution in [0.4, 0.5) is 0 Å². The normalized spacial score (nSPS) is 22.0. The Kier molecular flexibility index (Phi) is 6.81.